The molecule has 0 bridgehead atoms. The fraction of sp³-hybridized carbons (Fsp3) is 0.765. The number of hydrogen-bond acceptors (Lipinski definition) is 4. The van der Waals surface area contributed by atoms with Gasteiger partial charge in [0, 0.05) is 19.5 Å². The van der Waals surface area contributed by atoms with E-state index in [0.717, 1.165) is 25.9 Å². The predicted octanol–water partition coefficient (Wildman–Crippen LogP) is 2.06. The Kier molecular flexibility index (Phi) is 5.48. The summed E-state index contributed by atoms with van der Waals surface area (Å²) >= 11 is 0. The molecule has 0 radical (unpaired) electrons. The van der Waals surface area contributed by atoms with Crippen molar-refractivity contribution in [2.75, 3.05) is 18.4 Å². The molecule has 0 unspecified atom stereocenters. The molecule has 1 aliphatic carbocycles. The van der Waals surface area contributed by atoms with Crippen LogP contribution >= 0.6 is 0 Å². The molecule has 7 heteroatoms. The first-order valence-corrected chi connectivity index (χ1v) is 9.09. The number of anilines is 1. The monoisotopic (exact) mass is 333 g/mol. The standard InChI is InChI=1S/C17H27N5O2/c1-13(14-6-7-14)10-15(23)19-17-18-12-22(20-17)11-16(24)21-8-4-2-3-5-9-21/h12-14H,2-11H2,1H3,(H,19,20,23)/t13-/m0/s1. The SMILES string of the molecule is C[C@@H](CC(=O)Nc1ncn(CC(=O)N2CCCCCC2)n1)C1CC1. The molecule has 7 nitrogen and oxygen atoms in total. The van der Waals surface area contributed by atoms with Crippen LogP contribution in [0.3, 0.4) is 0 Å². The maximum atomic E-state index is 12.3. The van der Waals surface area contributed by atoms with E-state index in [4.69, 9.17) is 0 Å². The van der Waals surface area contributed by atoms with Gasteiger partial charge in [-0.3, -0.25) is 14.9 Å². The summed E-state index contributed by atoms with van der Waals surface area (Å²) in [6, 6.07) is 0. The van der Waals surface area contributed by atoms with Crippen LogP contribution in [0.4, 0.5) is 5.95 Å². The number of carbonyl (C=O) groups is 2. The number of carbonyl (C=O) groups excluding carboxylic acids is 2. The van der Waals surface area contributed by atoms with Crippen molar-refractivity contribution in [3.63, 3.8) is 0 Å². The topological polar surface area (TPSA) is 80.1 Å². The van der Waals surface area contributed by atoms with Gasteiger partial charge in [-0.15, -0.1) is 5.10 Å². The average molecular weight is 333 g/mol. The van der Waals surface area contributed by atoms with Crippen LogP contribution in [0, 0.1) is 11.8 Å². The second-order valence-electron chi connectivity index (χ2n) is 7.13. The lowest BCUT2D eigenvalue weighted by molar-refractivity contribution is -0.132. The first-order valence-electron chi connectivity index (χ1n) is 9.09. The Morgan fingerprint density at radius 1 is 1.25 bits per heavy atom. The Labute approximate surface area is 142 Å². The van der Waals surface area contributed by atoms with E-state index in [-0.39, 0.29) is 24.3 Å². The molecule has 0 spiro atoms. The molecule has 1 aromatic rings. The third-order valence-electron chi connectivity index (χ3n) is 4.98. The van der Waals surface area contributed by atoms with Gasteiger partial charge < -0.3 is 4.90 Å². The number of hydrogen-bond donors (Lipinski definition) is 1. The van der Waals surface area contributed by atoms with E-state index in [1.54, 1.807) is 0 Å². The molecule has 1 N–H and O–H groups in total. The van der Waals surface area contributed by atoms with Gasteiger partial charge in [0.05, 0.1) is 0 Å². The molecule has 1 saturated carbocycles. The Morgan fingerprint density at radius 2 is 1.96 bits per heavy atom. The van der Waals surface area contributed by atoms with Crippen LogP contribution in [0.5, 0.6) is 0 Å². The third-order valence-corrected chi connectivity index (χ3v) is 4.98. The molecular formula is C17H27N5O2. The lowest BCUT2D eigenvalue weighted by Gasteiger charge is -2.19. The Hall–Kier alpha value is -1.92. The molecule has 2 amide bonds. The Balaban J connectivity index is 1.47. The van der Waals surface area contributed by atoms with Crippen LogP contribution in [-0.4, -0.2) is 44.6 Å². The van der Waals surface area contributed by atoms with E-state index in [1.807, 2.05) is 4.90 Å². The summed E-state index contributed by atoms with van der Waals surface area (Å²) in [5.74, 6) is 1.42. The number of aromatic nitrogens is 3. The fourth-order valence-electron chi connectivity index (χ4n) is 3.29. The van der Waals surface area contributed by atoms with E-state index in [0.29, 0.717) is 18.3 Å². The summed E-state index contributed by atoms with van der Waals surface area (Å²) in [6.07, 6.45) is 9.03. The number of nitrogens with one attached hydrogen (secondary N) is 1. The van der Waals surface area contributed by atoms with E-state index >= 15 is 0 Å². The second-order valence-corrected chi connectivity index (χ2v) is 7.13. The molecule has 24 heavy (non-hydrogen) atoms. The van der Waals surface area contributed by atoms with E-state index in [1.165, 1.54) is 36.7 Å². The highest BCUT2D eigenvalue weighted by atomic mass is 16.2. The zero-order valence-corrected chi connectivity index (χ0v) is 14.4. The largest absolute Gasteiger partial charge is 0.341 e. The van der Waals surface area contributed by atoms with Gasteiger partial charge in [-0.05, 0) is 37.5 Å². The van der Waals surface area contributed by atoms with Gasteiger partial charge in [-0.2, -0.15) is 0 Å². The third kappa shape index (κ3) is 4.79. The summed E-state index contributed by atoms with van der Waals surface area (Å²) in [5.41, 5.74) is 0. The maximum absolute atomic E-state index is 12.3. The minimum absolute atomic E-state index is 0.0500. The second kappa shape index (κ2) is 7.77. The molecule has 1 atom stereocenters. The minimum Gasteiger partial charge on any atom is -0.341 e. The lowest BCUT2D eigenvalue weighted by Crippen LogP contribution is -2.34. The van der Waals surface area contributed by atoms with Crippen molar-refractivity contribution in [1.82, 2.24) is 19.7 Å². The van der Waals surface area contributed by atoms with Crippen molar-refractivity contribution in [2.45, 2.75) is 58.4 Å². The van der Waals surface area contributed by atoms with Gasteiger partial charge >= 0.3 is 0 Å². The highest BCUT2D eigenvalue weighted by Gasteiger charge is 2.29. The first-order chi connectivity index (χ1) is 11.6. The van der Waals surface area contributed by atoms with Crippen LogP contribution in [0.25, 0.3) is 0 Å². The van der Waals surface area contributed by atoms with Crippen LogP contribution < -0.4 is 5.32 Å². The average Bonchev–Trinajstić information content (AvgIpc) is 3.34. The van der Waals surface area contributed by atoms with Gasteiger partial charge in [0.15, 0.2) is 0 Å². The summed E-state index contributed by atoms with van der Waals surface area (Å²) in [6.45, 7) is 3.96. The predicted molar refractivity (Wildman–Crippen MR) is 90.2 cm³/mol. The smallest absolute Gasteiger partial charge is 0.248 e. The summed E-state index contributed by atoms with van der Waals surface area (Å²) in [5, 5.41) is 6.93. The molecule has 0 aromatic carbocycles. The summed E-state index contributed by atoms with van der Waals surface area (Å²) < 4.78 is 1.51. The number of amides is 2. The molecule has 2 fully saturated rings. The Bertz CT molecular complexity index is 573. The zero-order valence-electron chi connectivity index (χ0n) is 14.4. The van der Waals surface area contributed by atoms with E-state index in [9.17, 15) is 9.59 Å². The van der Waals surface area contributed by atoms with Gasteiger partial charge in [0.25, 0.3) is 0 Å². The Morgan fingerprint density at radius 3 is 2.62 bits per heavy atom. The van der Waals surface area contributed by atoms with Gasteiger partial charge in [-0.25, -0.2) is 9.67 Å². The highest BCUT2D eigenvalue weighted by molar-refractivity contribution is 5.89. The van der Waals surface area contributed by atoms with Crippen molar-refractivity contribution >= 4 is 17.8 Å². The molecule has 3 rings (SSSR count). The van der Waals surface area contributed by atoms with Gasteiger partial charge in [-0.1, -0.05) is 19.8 Å². The molecule has 1 saturated heterocycles. The van der Waals surface area contributed by atoms with Crippen LogP contribution in [0.2, 0.25) is 0 Å². The normalized spacial score (nSPS) is 19.6. The van der Waals surface area contributed by atoms with Crippen molar-refractivity contribution in [3.05, 3.63) is 6.33 Å². The van der Waals surface area contributed by atoms with Gasteiger partial charge in [0.1, 0.15) is 12.9 Å². The molecule has 132 valence electrons. The van der Waals surface area contributed by atoms with Crippen LogP contribution in [0.15, 0.2) is 6.33 Å². The highest BCUT2D eigenvalue weighted by Crippen LogP contribution is 2.38. The maximum Gasteiger partial charge on any atom is 0.248 e. The number of nitrogens with zero attached hydrogens (tertiary/aromatic N) is 4. The molecule has 2 aliphatic rings. The van der Waals surface area contributed by atoms with Crippen LogP contribution in [0.1, 0.15) is 51.9 Å². The zero-order chi connectivity index (χ0) is 16.9. The quantitative estimate of drug-likeness (QED) is 0.864. The van der Waals surface area contributed by atoms with Gasteiger partial charge in [0.2, 0.25) is 17.8 Å². The minimum atomic E-state index is -0.0500. The molecule has 2 heterocycles. The molecule has 1 aliphatic heterocycles. The van der Waals surface area contributed by atoms with Crippen molar-refractivity contribution in [2.24, 2.45) is 11.8 Å². The van der Waals surface area contributed by atoms with Crippen molar-refractivity contribution < 1.29 is 9.59 Å². The number of likely N-dealkylation sites (tertiary alicyclic amines) is 1. The van der Waals surface area contributed by atoms with Crippen molar-refractivity contribution in [1.29, 1.82) is 0 Å². The summed E-state index contributed by atoms with van der Waals surface area (Å²) in [4.78, 5) is 30.3. The number of rotatable bonds is 6. The lowest BCUT2D eigenvalue weighted by atomic mass is 10.0. The summed E-state index contributed by atoms with van der Waals surface area (Å²) in [7, 11) is 0. The van der Waals surface area contributed by atoms with E-state index in [2.05, 4.69) is 22.3 Å². The van der Waals surface area contributed by atoms with Crippen molar-refractivity contribution in [3.8, 4) is 0 Å². The fourth-order valence-corrected chi connectivity index (χ4v) is 3.29. The molecule has 1 aromatic heterocycles. The first kappa shape index (κ1) is 16.9. The van der Waals surface area contributed by atoms with E-state index < -0.39 is 0 Å². The molecular weight excluding hydrogens is 306 g/mol. The van der Waals surface area contributed by atoms with Crippen LogP contribution in [-0.2, 0) is 16.1 Å².